The predicted octanol–water partition coefficient (Wildman–Crippen LogP) is -1.90. The molecule has 14 atom stereocenters. The van der Waals surface area contributed by atoms with Gasteiger partial charge in [0.25, 0.3) is 0 Å². The van der Waals surface area contributed by atoms with Crippen LogP contribution in [-0.4, -0.2) is 172 Å². The SMILES string of the molecule is CC1OC(OC2C(Oc3c(-c4ccc(O)c(O)c4)oc4cc(OC5OC(CO)C(O)C(O)C5O)cc(O)c4c3=O)OCC(O)C2O)C(O)C(O)C1OC(=O)/C=C/c1ccc(O)c(O)c1. The fraction of sp³-hybridized carbons (Fsp3) is 0.415. The van der Waals surface area contributed by atoms with Crippen LogP contribution in [-0.2, 0) is 28.5 Å². The van der Waals surface area contributed by atoms with Gasteiger partial charge in [-0.15, -0.1) is 0 Å². The zero-order valence-corrected chi connectivity index (χ0v) is 33.2. The number of carbonyl (C=O) groups excluding carboxylic acids is 1. The highest BCUT2D eigenvalue weighted by Crippen LogP contribution is 2.40. The first-order valence-electron chi connectivity index (χ1n) is 19.4. The third kappa shape index (κ3) is 9.23. The molecule has 0 bridgehead atoms. The molecule has 4 heterocycles. The van der Waals surface area contributed by atoms with Gasteiger partial charge in [0, 0.05) is 23.8 Å². The van der Waals surface area contributed by atoms with Gasteiger partial charge in [-0.05, 0) is 48.9 Å². The van der Waals surface area contributed by atoms with Crippen molar-refractivity contribution in [1.82, 2.24) is 0 Å². The minimum atomic E-state index is -2.00. The summed E-state index contributed by atoms with van der Waals surface area (Å²) in [4.78, 5) is 27.0. The van der Waals surface area contributed by atoms with E-state index in [1.54, 1.807) is 0 Å². The second-order valence-corrected chi connectivity index (χ2v) is 15.1. The molecule has 3 aromatic carbocycles. The lowest BCUT2D eigenvalue weighted by atomic mass is 9.99. The van der Waals surface area contributed by atoms with Crippen LogP contribution in [0, 0.1) is 0 Å². The van der Waals surface area contributed by atoms with Crippen LogP contribution in [0.15, 0.2) is 63.8 Å². The van der Waals surface area contributed by atoms with Gasteiger partial charge in [0.15, 0.2) is 47.3 Å². The highest BCUT2D eigenvalue weighted by Gasteiger charge is 2.50. The molecule has 1 aromatic heterocycles. The van der Waals surface area contributed by atoms with Crippen LogP contribution in [0.4, 0.5) is 0 Å². The number of aliphatic hydroxyl groups excluding tert-OH is 8. The van der Waals surface area contributed by atoms with E-state index in [0.717, 1.165) is 30.3 Å². The maximum atomic E-state index is 14.3. The minimum absolute atomic E-state index is 0.127. The summed E-state index contributed by atoms with van der Waals surface area (Å²) in [7, 11) is 0. The Labute approximate surface area is 359 Å². The van der Waals surface area contributed by atoms with E-state index in [1.165, 1.54) is 37.3 Å². The summed E-state index contributed by atoms with van der Waals surface area (Å²) in [6.45, 7) is -0.0366. The second kappa shape index (κ2) is 18.7. The molecule has 3 aliphatic rings. The summed E-state index contributed by atoms with van der Waals surface area (Å²) in [5.41, 5.74) is -1.36. The summed E-state index contributed by atoms with van der Waals surface area (Å²) >= 11 is 0. The Hall–Kier alpha value is -5.80. The van der Waals surface area contributed by atoms with Crippen LogP contribution in [0.5, 0.6) is 40.2 Å². The Balaban J connectivity index is 1.16. The van der Waals surface area contributed by atoms with Crippen LogP contribution in [0.1, 0.15) is 12.5 Å². The molecule has 13 N–H and O–H groups in total. The number of carbonyl (C=O) groups is 1. The Kier molecular flexibility index (Phi) is 13.5. The summed E-state index contributed by atoms with van der Waals surface area (Å²) in [5.74, 6) is -5.48. The van der Waals surface area contributed by atoms with Crippen LogP contribution >= 0.6 is 0 Å². The number of benzene rings is 3. The fourth-order valence-corrected chi connectivity index (χ4v) is 7.13. The molecule has 346 valence electrons. The number of rotatable bonds is 11. The molecule has 64 heavy (non-hydrogen) atoms. The van der Waals surface area contributed by atoms with E-state index in [-0.39, 0.29) is 17.1 Å². The van der Waals surface area contributed by atoms with Crippen molar-refractivity contribution in [3.8, 4) is 51.6 Å². The topological polar surface area (TPSA) is 375 Å². The van der Waals surface area contributed by atoms with Gasteiger partial charge in [0.05, 0.1) is 19.3 Å². The maximum absolute atomic E-state index is 14.3. The van der Waals surface area contributed by atoms with Gasteiger partial charge in [-0.2, -0.15) is 0 Å². The molecule has 0 spiro atoms. The average molecular weight is 905 g/mol. The monoisotopic (exact) mass is 904 g/mol. The Morgan fingerprint density at radius 3 is 2.09 bits per heavy atom. The number of fused-ring (bicyclic) bond motifs is 1. The number of esters is 1. The lowest BCUT2D eigenvalue weighted by Crippen LogP contribution is -2.63. The molecule has 0 aliphatic carbocycles. The Bertz CT molecular complexity index is 2420. The fourth-order valence-electron chi connectivity index (χ4n) is 7.13. The molecule has 7 rings (SSSR count). The standard InChI is InChI=1S/C41H44O23/c1-14-35(62-26(49)7-3-15-2-5-18(43)20(45)8-15)32(54)34(56)39(58-14)64-38-28(50)23(48)13-57-41(38)63-37-30(52)27-22(47)10-17(59-40-33(55)31(53)29(51)25(12-42)61-40)11-24(27)60-36(37)16-4-6-19(44)21(46)9-16/h2-11,14,23,25,28-29,31-35,38-48,50-51,53-56H,12-13H2,1H3/b7-3+. The summed E-state index contributed by atoms with van der Waals surface area (Å²) in [5, 5.41) is 134. The van der Waals surface area contributed by atoms with Crippen molar-refractivity contribution in [2.24, 2.45) is 0 Å². The zero-order chi connectivity index (χ0) is 46.3. The summed E-state index contributed by atoms with van der Waals surface area (Å²) in [6.07, 6.45) is -22.0. The number of hydrogen-bond acceptors (Lipinski definition) is 23. The van der Waals surface area contributed by atoms with Crippen molar-refractivity contribution in [3.05, 3.63) is 70.4 Å². The lowest BCUT2D eigenvalue weighted by Gasteiger charge is -2.44. The van der Waals surface area contributed by atoms with Crippen molar-refractivity contribution >= 4 is 23.0 Å². The van der Waals surface area contributed by atoms with Gasteiger partial charge in [-0.1, -0.05) is 6.07 Å². The normalized spacial score (nSPS) is 32.1. The highest BCUT2D eigenvalue weighted by molar-refractivity contribution is 5.89. The number of hydrogen-bond donors (Lipinski definition) is 13. The molecular weight excluding hydrogens is 860 g/mol. The largest absolute Gasteiger partial charge is 0.507 e. The number of aliphatic hydroxyl groups is 8. The first kappa shape index (κ1) is 46.2. The van der Waals surface area contributed by atoms with E-state index in [2.05, 4.69) is 0 Å². The van der Waals surface area contributed by atoms with Crippen LogP contribution in [0.2, 0.25) is 0 Å². The quantitative estimate of drug-likeness (QED) is 0.0444. The minimum Gasteiger partial charge on any atom is -0.507 e. The molecule has 23 nitrogen and oxygen atoms in total. The van der Waals surface area contributed by atoms with Crippen molar-refractivity contribution in [3.63, 3.8) is 0 Å². The van der Waals surface area contributed by atoms with E-state index in [0.29, 0.717) is 5.56 Å². The van der Waals surface area contributed by atoms with Gasteiger partial charge in [-0.3, -0.25) is 4.79 Å². The van der Waals surface area contributed by atoms with Crippen LogP contribution < -0.4 is 14.9 Å². The first-order valence-corrected chi connectivity index (χ1v) is 19.4. The molecular formula is C41H44O23. The molecule has 23 heteroatoms. The van der Waals surface area contributed by atoms with E-state index in [1.807, 2.05) is 0 Å². The summed E-state index contributed by atoms with van der Waals surface area (Å²) in [6, 6.07) is 8.91. The molecule has 14 unspecified atom stereocenters. The zero-order valence-electron chi connectivity index (χ0n) is 33.2. The Morgan fingerprint density at radius 2 is 1.41 bits per heavy atom. The number of ether oxygens (including phenoxy) is 7. The van der Waals surface area contributed by atoms with Gasteiger partial charge in [-0.25, -0.2) is 4.79 Å². The van der Waals surface area contributed by atoms with Crippen molar-refractivity contribution in [2.45, 2.75) is 92.9 Å². The Morgan fingerprint density at radius 1 is 0.719 bits per heavy atom. The van der Waals surface area contributed by atoms with Gasteiger partial charge in [0.2, 0.25) is 23.8 Å². The van der Waals surface area contributed by atoms with Gasteiger partial charge >= 0.3 is 5.97 Å². The van der Waals surface area contributed by atoms with Crippen LogP contribution in [0.25, 0.3) is 28.4 Å². The second-order valence-electron chi connectivity index (χ2n) is 15.1. The highest BCUT2D eigenvalue weighted by atomic mass is 16.8. The van der Waals surface area contributed by atoms with E-state index >= 15 is 0 Å². The smallest absolute Gasteiger partial charge is 0.331 e. The molecule has 0 amide bonds. The van der Waals surface area contributed by atoms with Gasteiger partial charge < -0.3 is 104 Å². The number of aromatic hydroxyl groups is 5. The first-order chi connectivity index (χ1) is 30.4. The maximum Gasteiger partial charge on any atom is 0.331 e. The van der Waals surface area contributed by atoms with E-state index < -0.39 is 156 Å². The molecule has 4 aromatic rings. The lowest BCUT2D eigenvalue weighted by molar-refractivity contribution is -0.345. The number of phenolic OH excluding ortho intramolecular Hbond substituents is 5. The van der Waals surface area contributed by atoms with E-state index in [4.69, 9.17) is 37.6 Å². The molecule has 0 saturated carbocycles. The van der Waals surface area contributed by atoms with Crippen molar-refractivity contribution < 1.29 is 109 Å². The third-order valence-electron chi connectivity index (χ3n) is 10.6. The van der Waals surface area contributed by atoms with Crippen LogP contribution in [0.3, 0.4) is 0 Å². The van der Waals surface area contributed by atoms with E-state index in [9.17, 15) is 76.0 Å². The van der Waals surface area contributed by atoms with Crippen molar-refractivity contribution in [2.75, 3.05) is 13.2 Å². The molecule has 3 aliphatic heterocycles. The average Bonchev–Trinajstić information content (AvgIpc) is 3.26. The molecule has 0 radical (unpaired) electrons. The molecule has 3 fully saturated rings. The summed E-state index contributed by atoms with van der Waals surface area (Å²) < 4.78 is 45.5. The van der Waals surface area contributed by atoms with Crippen molar-refractivity contribution in [1.29, 1.82) is 0 Å². The third-order valence-corrected chi connectivity index (χ3v) is 10.6. The predicted molar refractivity (Wildman–Crippen MR) is 210 cm³/mol. The van der Waals surface area contributed by atoms with Gasteiger partial charge in [0.1, 0.15) is 71.3 Å². The number of phenols is 5. The molecule has 3 saturated heterocycles.